The van der Waals surface area contributed by atoms with E-state index in [0.717, 1.165) is 0 Å². The summed E-state index contributed by atoms with van der Waals surface area (Å²) in [6, 6.07) is 10.2. The monoisotopic (exact) mass is 541 g/mol. The summed E-state index contributed by atoms with van der Waals surface area (Å²) in [6.45, 7) is 14.4. The summed E-state index contributed by atoms with van der Waals surface area (Å²) in [5.41, 5.74) is -0.705. The molecule has 0 aliphatic rings. The minimum atomic E-state index is -1.18. The predicted octanol–water partition coefficient (Wildman–Crippen LogP) is 4.82. The molecule has 9 heteroatoms. The van der Waals surface area contributed by atoms with E-state index < -0.39 is 41.1 Å². The molecule has 2 unspecified atom stereocenters. The van der Waals surface area contributed by atoms with E-state index in [1.54, 1.807) is 51.1 Å². The second-order valence-electron chi connectivity index (χ2n) is 11.6. The minimum Gasteiger partial charge on any atom is -0.508 e. The van der Waals surface area contributed by atoms with Gasteiger partial charge in [0.05, 0.1) is 0 Å². The van der Waals surface area contributed by atoms with Gasteiger partial charge in [0, 0.05) is 23.6 Å². The third-order valence-corrected chi connectivity index (χ3v) is 6.29. The molecule has 0 aliphatic carbocycles. The van der Waals surface area contributed by atoms with Gasteiger partial charge in [-0.05, 0) is 78.6 Å². The standard InChI is InChI=1S/C30H43N3O6/c1-9-30(7,8)33(25(26(36)31-19(2)3)22-12-10-11-13-24(22)35)27(37)23(32-28(38)39-29(4,5)6)18-20-14-16-21(34)17-15-20/h10-17,19,23,25,34-35H,9,18H2,1-8H3,(H,31,36)(H,32,38). The van der Waals surface area contributed by atoms with Gasteiger partial charge in [0.1, 0.15) is 29.2 Å². The molecule has 0 aliphatic heterocycles. The average Bonchev–Trinajstić information content (AvgIpc) is 2.82. The number of nitrogens with zero attached hydrogens (tertiary/aromatic N) is 1. The molecule has 0 bridgehead atoms. The van der Waals surface area contributed by atoms with E-state index >= 15 is 0 Å². The highest BCUT2D eigenvalue weighted by atomic mass is 16.6. The molecule has 3 amide bonds. The SMILES string of the molecule is CCC(C)(C)N(C(=O)C(Cc1ccc(O)cc1)NC(=O)OC(C)(C)C)C(C(=O)NC(C)C)c1ccccc1O. The number of amides is 3. The number of para-hydroxylation sites is 1. The third kappa shape index (κ3) is 8.90. The number of hydrogen-bond donors (Lipinski definition) is 4. The second kappa shape index (κ2) is 12.9. The van der Waals surface area contributed by atoms with Crippen molar-refractivity contribution in [3.63, 3.8) is 0 Å². The lowest BCUT2D eigenvalue weighted by molar-refractivity contribution is -0.149. The Bertz CT molecular complexity index is 1140. The molecule has 0 saturated heterocycles. The Balaban J connectivity index is 2.67. The lowest BCUT2D eigenvalue weighted by Gasteiger charge is -2.45. The van der Waals surface area contributed by atoms with Gasteiger partial charge in [0.15, 0.2) is 0 Å². The van der Waals surface area contributed by atoms with Crippen molar-refractivity contribution in [1.29, 1.82) is 0 Å². The van der Waals surface area contributed by atoms with Crippen molar-refractivity contribution in [2.24, 2.45) is 0 Å². The molecule has 2 atom stereocenters. The first kappa shape index (κ1) is 31.5. The Morgan fingerprint density at radius 3 is 2.03 bits per heavy atom. The highest BCUT2D eigenvalue weighted by Crippen LogP contribution is 2.36. The number of carbonyl (C=O) groups is 3. The predicted molar refractivity (Wildman–Crippen MR) is 150 cm³/mol. The summed E-state index contributed by atoms with van der Waals surface area (Å²) in [6.07, 6.45) is -0.219. The molecule has 0 saturated carbocycles. The van der Waals surface area contributed by atoms with Gasteiger partial charge in [-0.15, -0.1) is 0 Å². The zero-order chi connectivity index (χ0) is 29.5. The highest BCUT2D eigenvalue weighted by Gasteiger charge is 2.44. The van der Waals surface area contributed by atoms with Crippen molar-refractivity contribution in [3.05, 3.63) is 59.7 Å². The normalized spacial score (nSPS) is 13.4. The number of alkyl carbamates (subject to hydrolysis) is 1. The van der Waals surface area contributed by atoms with Crippen LogP contribution in [0.3, 0.4) is 0 Å². The Morgan fingerprint density at radius 1 is 0.923 bits per heavy atom. The molecule has 39 heavy (non-hydrogen) atoms. The molecular weight excluding hydrogens is 498 g/mol. The van der Waals surface area contributed by atoms with Gasteiger partial charge in [-0.2, -0.15) is 0 Å². The van der Waals surface area contributed by atoms with Crippen molar-refractivity contribution < 1.29 is 29.3 Å². The first-order valence-corrected chi connectivity index (χ1v) is 13.2. The number of nitrogens with one attached hydrogen (secondary N) is 2. The van der Waals surface area contributed by atoms with Crippen LogP contribution < -0.4 is 10.6 Å². The van der Waals surface area contributed by atoms with Crippen LogP contribution in [0.25, 0.3) is 0 Å². The summed E-state index contributed by atoms with van der Waals surface area (Å²) in [7, 11) is 0. The summed E-state index contributed by atoms with van der Waals surface area (Å²) in [5, 5.41) is 26.1. The number of ether oxygens (including phenoxy) is 1. The lowest BCUT2D eigenvalue weighted by Crippen LogP contribution is -2.60. The topological polar surface area (TPSA) is 128 Å². The molecule has 0 radical (unpaired) electrons. The van der Waals surface area contributed by atoms with E-state index in [1.165, 1.54) is 23.1 Å². The molecule has 9 nitrogen and oxygen atoms in total. The van der Waals surface area contributed by atoms with E-state index in [1.807, 2.05) is 34.6 Å². The van der Waals surface area contributed by atoms with Crippen molar-refractivity contribution in [2.45, 2.75) is 97.5 Å². The third-order valence-electron chi connectivity index (χ3n) is 6.29. The van der Waals surface area contributed by atoms with E-state index in [4.69, 9.17) is 4.74 Å². The van der Waals surface area contributed by atoms with E-state index in [2.05, 4.69) is 10.6 Å². The first-order chi connectivity index (χ1) is 18.1. The van der Waals surface area contributed by atoms with Crippen molar-refractivity contribution in [1.82, 2.24) is 15.5 Å². The van der Waals surface area contributed by atoms with Crippen LogP contribution >= 0.6 is 0 Å². The van der Waals surface area contributed by atoms with Crippen LogP contribution in [0.4, 0.5) is 4.79 Å². The van der Waals surface area contributed by atoms with Crippen LogP contribution in [-0.4, -0.2) is 56.2 Å². The van der Waals surface area contributed by atoms with Gasteiger partial charge in [-0.25, -0.2) is 4.79 Å². The second-order valence-corrected chi connectivity index (χ2v) is 11.6. The van der Waals surface area contributed by atoms with Gasteiger partial charge in [0.25, 0.3) is 0 Å². The smallest absolute Gasteiger partial charge is 0.408 e. The fraction of sp³-hybridized carbons (Fsp3) is 0.500. The van der Waals surface area contributed by atoms with Gasteiger partial charge >= 0.3 is 6.09 Å². The number of carbonyl (C=O) groups excluding carboxylic acids is 3. The van der Waals surface area contributed by atoms with Crippen LogP contribution in [0, 0.1) is 0 Å². The molecule has 4 N–H and O–H groups in total. The summed E-state index contributed by atoms with van der Waals surface area (Å²) < 4.78 is 5.45. The summed E-state index contributed by atoms with van der Waals surface area (Å²) >= 11 is 0. The zero-order valence-electron chi connectivity index (χ0n) is 24.2. The van der Waals surface area contributed by atoms with E-state index in [9.17, 15) is 24.6 Å². The fourth-order valence-electron chi connectivity index (χ4n) is 4.11. The number of phenols is 2. The Morgan fingerprint density at radius 2 is 1.51 bits per heavy atom. The van der Waals surface area contributed by atoms with Crippen molar-refractivity contribution >= 4 is 17.9 Å². The number of phenolic OH excluding ortho intramolecular Hbond substituents is 2. The highest BCUT2D eigenvalue weighted by molar-refractivity contribution is 5.93. The maximum absolute atomic E-state index is 14.5. The number of rotatable bonds is 10. The largest absolute Gasteiger partial charge is 0.508 e. The molecule has 2 rings (SSSR count). The summed E-state index contributed by atoms with van der Waals surface area (Å²) in [5.74, 6) is -1.03. The molecule has 2 aromatic rings. The Labute approximate surface area is 231 Å². The molecule has 0 aromatic heterocycles. The van der Waals surface area contributed by atoms with Gasteiger partial charge in [-0.3, -0.25) is 9.59 Å². The Hall–Kier alpha value is -3.75. The molecule has 0 heterocycles. The molecule has 0 spiro atoms. The maximum atomic E-state index is 14.5. The van der Waals surface area contributed by atoms with Crippen molar-refractivity contribution in [2.75, 3.05) is 0 Å². The van der Waals surface area contributed by atoms with Gasteiger partial charge in [0.2, 0.25) is 11.8 Å². The van der Waals surface area contributed by atoms with Crippen molar-refractivity contribution in [3.8, 4) is 11.5 Å². The van der Waals surface area contributed by atoms with E-state index in [0.29, 0.717) is 12.0 Å². The fourth-order valence-corrected chi connectivity index (χ4v) is 4.11. The zero-order valence-corrected chi connectivity index (χ0v) is 24.2. The van der Waals surface area contributed by atoms with E-state index in [-0.39, 0.29) is 29.5 Å². The lowest BCUT2D eigenvalue weighted by atomic mass is 9.90. The van der Waals surface area contributed by atoms with Crippen LogP contribution in [0.1, 0.15) is 79.0 Å². The average molecular weight is 542 g/mol. The van der Waals surface area contributed by atoms with Crippen LogP contribution in [0.15, 0.2) is 48.5 Å². The van der Waals surface area contributed by atoms with Gasteiger partial charge in [-0.1, -0.05) is 37.3 Å². The minimum absolute atomic E-state index is 0.0699. The number of benzene rings is 2. The Kier molecular flexibility index (Phi) is 10.4. The van der Waals surface area contributed by atoms with Crippen LogP contribution in [0.2, 0.25) is 0 Å². The maximum Gasteiger partial charge on any atom is 0.408 e. The van der Waals surface area contributed by atoms with Crippen LogP contribution in [0.5, 0.6) is 11.5 Å². The molecule has 0 fully saturated rings. The van der Waals surface area contributed by atoms with Gasteiger partial charge < -0.3 is 30.5 Å². The first-order valence-electron chi connectivity index (χ1n) is 13.2. The molecular formula is C30H43N3O6. The quantitative estimate of drug-likeness (QED) is 0.342. The summed E-state index contributed by atoms with van der Waals surface area (Å²) in [4.78, 5) is 42.5. The van der Waals surface area contributed by atoms with Crippen LogP contribution in [-0.2, 0) is 20.7 Å². The molecule has 214 valence electrons. The number of aromatic hydroxyl groups is 2. The number of hydrogen-bond acceptors (Lipinski definition) is 6. The molecule has 2 aromatic carbocycles.